The summed E-state index contributed by atoms with van der Waals surface area (Å²) < 4.78 is 9.39. The summed E-state index contributed by atoms with van der Waals surface area (Å²) in [5.41, 5.74) is 1.87. The molecule has 0 saturated heterocycles. The van der Waals surface area contributed by atoms with Gasteiger partial charge in [0.2, 0.25) is 0 Å². The van der Waals surface area contributed by atoms with Crippen molar-refractivity contribution in [2.45, 2.75) is 19.9 Å². The third-order valence-corrected chi connectivity index (χ3v) is 4.19. The van der Waals surface area contributed by atoms with Crippen molar-refractivity contribution in [3.8, 4) is 5.82 Å². The number of methoxy groups -OCH3 is 1. The zero-order chi connectivity index (χ0) is 18.4. The van der Waals surface area contributed by atoms with E-state index >= 15 is 0 Å². The molecule has 4 aromatic rings. The number of imidazole rings is 1. The Hall–Kier alpha value is -3.49. The Morgan fingerprint density at radius 3 is 2.62 bits per heavy atom. The molecule has 132 valence electrons. The van der Waals surface area contributed by atoms with Gasteiger partial charge in [-0.05, 0) is 26.0 Å². The number of rotatable bonds is 3. The van der Waals surface area contributed by atoms with E-state index in [2.05, 4.69) is 20.0 Å². The number of carbonyl (C=O) groups is 1. The van der Waals surface area contributed by atoms with Crippen LogP contribution in [-0.4, -0.2) is 42.0 Å². The summed E-state index contributed by atoms with van der Waals surface area (Å²) in [6.07, 6.45) is 2.96. The highest BCUT2D eigenvalue weighted by Gasteiger charge is 2.20. The van der Waals surface area contributed by atoms with Gasteiger partial charge in [-0.25, -0.2) is 9.78 Å². The summed E-state index contributed by atoms with van der Waals surface area (Å²) >= 11 is 0. The third-order valence-electron chi connectivity index (χ3n) is 4.19. The van der Waals surface area contributed by atoms with Crippen LogP contribution in [0, 0.1) is 0 Å². The lowest BCUT2D eigenvalue weighted by atomic mass is 10.2. The van der Waals surface area contributed by atoms with Crippen LogP contribution in [0.2, 0.25) is 0 Å². The quantitative estimate of drug-likeness (QED) is 0.520. The molecule has 0 unspecified atom stereocenters. The van der Waals surface area contributed by atoms with E-state index in [0.29, 0.717) is 11.3 Å². The Kier molecular flexibility index (Phi) is 3.57. The van der Waals surface area contributed by atoms with Gasteiger partial charge in [-0.15, -0.1) is 5.10 Å². The first-order valence-electron chi connectivity index (χ1n) is 8.04. The van der Waals surface area contributed by atoms with Gasteiger partial charge in [0.05, 0.1) is 24.3 Å². The van der Waals surface area contributed by atoms with Crippen molar-refractivity contribution in [1.82, 2.24) is 28.9 Å². The Balaban J connectivity index is 2.06. The lowest BCUT2D eigenvalue weighted by Gasteiger charge is -2.15. The third kappa shape index (κ3) is 2.20. The Morgan fingerprint density at radius 1 is 1.19 bits per heavy atom. The van der Waals surface area contributed by atoms with Gasteiger partial charge in [-0.2, -0.15) is 4.68 Å². The molecule has 0 spiro atoms. The van der Waals surface area contributed by atoms with E-state index in [4.69, 9.17) is 0 Å². The average Bonchev–Trinajstić information content (AvgIpc) is 3.28. The van der Waals surface area contributed by atoms with E-state index in [9.17, 15) is 9.59 Å². The molecule has 0 amide bonds. The minimum Gasteiger partial charge on any atom is -0.464 e. The maximum absolute atomic E-state index is 13.2. The minimum atomic E-state index is -0.607. The van der Waals surface area contributed by atoms with Crippen LogP contribution < -0.4 is 5.56 Å². The van der Waals surface area contributed by atoms with E-state index in [1.807, 2.05) is 38.1 Å². The maximum Gasteiger partial charge on any atom is 0.360 e. The monoisotopic (exact) mass is 352 g/mol. The molecule has 0 bridgehead atoms. The first-order valence-corrected chi connectivity index (χ1v) is 8.04. The highest BCUT2D eigenvalue weighted by molar-refractivity contribution is 5.87. The number of carbonyl (C=O) groups excluding carboxylic acids is 1. The summed E-state index contributed by atoms with van der Waals surface area (Å²) in [4.78, 5) is 29.1. The van der Waals surface area contributed by atoms with Crippen LogP contribution in [0.4, 0.5) is 0 Å². The highest BCUT2D eigenvalue weighted by Crippen LogP contribution is 2.20. The van der Waals surface area contributed by atoms with Crippen molar-refractivity contribution >= 4 is 22.5 Å². The van der Waals surface area contributed by atoms with Crippen molar-refractivity contribution < 1.29 is 9.53 Å². The van der Waals surface area contributed by atoms with Crippen LogP contribution in [0.15, 0.2) is 41.6 Å². The van der Waals surface area contributed by atoms with Crippen LogP contribution in [0.1, 0.15) is 30.4 Å². The van der Waals surface area contributed by atoms with Crippen molar-refractivity contribution in [2.75, 3.05) is 7.11 Å². The lowest BCUT2D eigenvalue weighted by Crippen LogP contribution is -2.25. The number of aromatic nitrogens is 6. The molecule has 9 heteroatoms. The second kappa shape index (κ2) is 5.80. The lowest BCUT2D eigenvalue weighted by molar-refractivity contribution is 0.0594. The molecule has 0 aliphatic rings. The van der Waals surface area contributed by atoms with Gasteiger partial charge in [-0.3, -0.25) is 9.20 Å². The number of nitrogens with zero attached hydrogens (tertiary/aromatic N) is 6. The van der Waals surface area contributed by atoms with Crippen molar-refractivity contribution in [3.63, 3.8) is 0 Å². The highest BCUT2D eigenvalue weighted by atomic mass is 16.5. The normalized spacial score (nSPS) is 11.5. The standard InChI is InChI=1S/C17H16N6O3/c1-10(2)23-13-7-5-4-6-12(13)21-9-18-15(14(21)16(23)24)22-8-11(19-20-22)17(25)26-3/h4-10H,1-3H3. The first kappa shape index (κ1) is 16.0. The average molecular weight is 352 g/mol. The molecule has 4 rings (SSSR count). The summed E-state index contributed by atoms with van der Waals surface area (Å²) in [6.45, 7) is 3.90. The number of hydrogen-bond acceptors (Lipinski definition) is 6. The fraction of sp³-hybridized carbons (Fsp3) is 0.235. The molecule has 0 radical (unpaired) electrons. The summed E-state index contributed by atoms with van der Waals surface area (Å²) in [5, 5.41) is 7.69. The van der Waals surface area contributed by atoms with Crippen LogP contribution in [0.5, 0.6) is 0 Å². The van der Waals surface area contributed by atoms with E-state index in [1.54, 1.807) is 15.3 Å². The first-order chi connectivity index (χ1) is 12.5. The van der Waals surface area contributed by atoms with Gasteiger partial charge in [-0.1, -0.05) is 17.3 Å². The van der Waals surface area contributed by atoms with Gasteiger partial charge in [0, 0.05) is 6.04 Å². The van der Waals surface area contributed by atoms with Gasteiger partial charge in [0.15, 0.2) is 17.0 Å². The van der Waals surface area contributed by atoms with Crippen molar-refractivity contribution in [1.29, 1.82) is 0 Å². The largest absolute Gasteiger partial charge is 0.464 e. The van der Waals surface area contributed by atoms with Gasteiger partial charge >= 0.3 is 5.97 Å². The molecular weight excluding hydrogens is 336 g/mol. The second-order valence-electron chi connectivity index (χ2n) is 6.08. The van der Waals surface area contributed by atoms with Gasteiger partial charge in [0.25, 0.3) is 5.56 Å². The Morgan fingerprint density at radius 2 is 1.92 bits per heavy atom. The Bertz CT molecular complexity index is 1200. The van der Waals surface area contributed by atoms with Crippen molar-refractivity contribution in [3.05, 3.63) is 52.8 Å². The molecule has 3 aromatic heterocycles. The number of hydrogen-bond donors (Lipinski definition) is 0. The summed E-state index contributed by atoms with van der Waals surface area (Å²) in [5.74, 6) is -0.303. The zero-order valence-corrected chi connectivity index (χ0v) is 14.4. The topological polar surface area (TPSA) is 96.3 Å². The molecule has 0 atom stereocenters. The smallest absolute Gasteiger partial charge is 0.360 e. The Labute approximate surface area is 147 Å². The molecular formula is C17H16N6O3. The van der Waals surface area contributed by atoms with Crippen LogP contribution in [0.3, 0.4) is 0 Å². The molecule has 1 aromatic carbocycles. The van der Waals surface area contributed by atoms with E-state index in [1.165, 1.54) is 18.0 Å². The fourth-order valence-corrected chi connectivity index (χ4v) is 3.06. The maximum atomic E-state index is 13.2. The molecule has 3 heterocycles. The number of benzene rings is 1. The number of ether oxygens (including phenoxy) is 1. The predicted molar refractivity (Wildman–Crippen MR) is 93.6 cm³/mol. The molecule has 9 nitrogen and oxygen atoms in total. The van der Waals surface area contributed by atoms with Crippen molar-refractivity contribution in [2.24, 2.45) is 0 Å². The van der Waals surface area contributed by atoms with Gasteiger partial charge in [0.1, 0.15) is 6.33 Å². The second-order valence-corrected chi connectivity index (χ2v) is 6.08. The SMILES string of the molecule is COC(=O)c1cn(-c2ncn3c2c(=O)n(C(C)C)c2ccccc23)nn1. The van der Waals surface area contributed by atoms with Crippen LogP contribution in [0.25, 0.3) is 22.4 Å². The molecule has 0 aliphatic heterocycles. The van der Waals surface area contributed by atoms with Crippen LogP contribution >= 0.6 is 0 Å². The molecule has 0 N–H and O–H groups in total. The van der Waals surface area contributed by atoms with E-state index in [-0.39, 0.29) is 17.3 Å². The summed E-state index contributed by atoms with van der Waals surface area (Å²) in [6, 6.07) is 7.58. The van der Waals surface area contributed by atoms with Crippen LogP contribution in [-0.2, 0) is 4.74 Å². The number of esters is 1. The minimum absolute atomic E-state index is 0.0403. The molecule has 0 saturated carbocycles. The van der Waals surface area contributed by atoms with Gasteiger partial charge < -0.3 is 9.30 Å². The number of fused-ring (bicyclic) bond motifs is 3. The molecule has 0 aliphatic carbocycles. The number of para-hydroxylation sites is 2. The molecule has 0 fully saturated rings. The fourth-order valence-electron chi connectivity index (χ4n) is 3.06. The zero-order valence-electron chi connectivity index (χ0n) is 14.4. The van der Waals surface area contributed by atoms with E-state index < -0.39 is 5.97 Å². The molecule has 26 heavy (non-hydrogen) atoms. The summed E-state index contributed by atoms with van der Waals surface area (Å²) in [7, 11) is 1.26. The van der Waals surface area contributed by atoms with E-state index in [0.717, 1.165) is 11.0 Å². The predicted octanol–water partition coefficient (Wildman–Crippen LogP) is 1.60.